The van der Waals surface area contributed by atoms with Crippen molar-refractivity contribution in [2.24, 2.45) is 22.1 Å². The van der Waals surface area contributed by atoms with Gasteiger partial charge < -0.3 is 25.4 Å². The van der Waals surface area contributed by atoms with Gasteiger partial charge in [0, 0.05) is 25.3 Å². The molecule has 1 atom stereocenters. The van der Waals surface area contributed by atoms with E-state index in [1.54, 1.807) is 6.07 Å². The van der Waals surface area contributed by atoms with Crippen molar-refractivity contribution in [1.82, 2.24) is 4.90 Å². The minimum atomic E-state index is -4.73. The van der Waals surface area contributed by atoms with E-state index in [1.807, 2.05) is 24.3 Å². The van der Waals surface area contributed by atoms with E-state index in [2.05, 4.69) is 35.7 Å². The molecule has 192 valence electrons. The third kappa shape index (κ3) is 8.98. The molecule has 1 unspecified atom stereocenters. The molecule has 0 bridgehead atoms. The summed E-state index contributed by atoms with van der Waals surface area (Å²) in [5.74, 6) is 1.78. The Balaban J connectivity index is 1.64. The molecule has 0 amide bonds. The van der Waals surface area contributed by atoms with E-state index in [0.29, 0.717) is 30.3 Å². The summed E-state index contributed by atoms with van der Waals surface area (Å²) in [4.78, 5) is 7.17. The van der Waals surface area contributed by atoms with Crippen LogP contribution in [0.3, 0.4) is 0 Å². The average molecular weight is 493 g/mol. The van der Waals surface area contributed by atoms with E-state index in [1.165, 1.54) is 24.6 Å². The first-order valence-corrected chi connectivity index (χ1v) is 11.9. The second kappa shape index (κ2) is 11.7. The van der Waals surface area contributed by atoms with Gasteiger partial charge in [-0.3, -0.25) is 4.99 Å². The van der Waals surface area contributed by atoms with Gasteiger partial charge in [-0.15, -0.1) is 13.2 Å². The van der Waals surface area contributed by atoms with Crippen molar-refractivity contribution >= 4 is 11.6 Å². The summed E-state index contributed by atoms with van der Waals surface area (Å²) in [7, 11) is 0. The van der Waals surface area contributed by atoms with Crippen molar-refractivity contribution in [2.75, 3.05) is 31.5 Å². The Hall–Kier alpha value is -2.94. The zero-order chi connectivity index (χ0) is 25.5. The van der Waals surface area contributed by atoms with Gasteiger partial charge in [0.1, 0.15) is 18.1 Å². The lowest BCUT2D eigenvalue weighted by Gasteiger charge is -2.34. The predicted octanol–water partition coefficient (Wildman–Crippen LogP) is 5.65. The van der Waals surface area contributed by atoms with Crippen molar-refractivity contribution in [3.05, 3.63) is 54.1 Å². The van der Waals surface area contributed by atoms with Gasteiger partial charge in [-0.2, -0.15) is 0 Å². The molecule has 6 nitrogen and oxygen atoms in total. The number of nitrogens with zero attached hydrogens (tertiary/aromatic N) is 2. The largest absolute Gasteiger partial charge is 0.573 e. The Morgan fingerprint density at radius 1 is 1.14 bits per heavy atom. The Bertz CT molecular complexity index is 977. The number of hydrogen-bond acceptors (Lipinski definition) is 4. The summed E-state index contributed by atoms with van der Waals surface area (Å²) in [6.07, 6.45) is -2.38. The van der Waals surface area contributed by atoms with Crippen LogP contribution < -0.4 is 20.5 Å². The second-order valence-electron chi connectivity index (χ2n) is 9.83. The zero-order valence-corrected chi connectivity index (χ0v) is 20.6. The number of rotatable bonds is 8. The van der Waals surface area contributed by atoms with Crippen LogP contribution in [0, 0.1) is 11.3 Å². The van der Waals surface area contributed by atoms with Crippen LogP contribution in [-0.4, -0.2) is 43.4 Å². The fourth-order valence-electron chi connectivity index (χ4n) is 3.72. The van der Waals surface area contributed by atoms with E-state index in [4.69, 9.17) is 15.5 Å². The van der Waals surface area contributed by atoms with Gasteiger partial charge in [0.2, 0.25) is 0 Å². The van der Waals surface area contributed by atoms with Crippen molar-refractivity contribution < 1.29 is 22.6 Å². The van der Waals surface area contributed by atoms with E-state index in [0.717, 1.165) is 31.2 Å². The van der Waals surface area contributed by atoms with Crippen LogP contribution >= 0.6 is 0 Å². The average Bonchev–Trinajstić information content (AvgIpc) is 2.80. The standard InChI is InChI=1S/C26H35F3N4O2/c1-19-6-5-13-33(15-19)24(31-18-25(2,3)17-30)32-21-9-11-22(12-10-21)34-16-20-7-4-8-23(14-20)35-26(27,28)29/h4,7-12,14,19H,5-6,13,15-18,30H2,1-3H3,(H,31,32). The summed E-state index contributed by atoms with van der Waals surface area (Å²) < 4.78 is 47.0. The number of guanidine groups is 1. The molecule has 1 fully saturated rings. The highest BCUT2D eigenvalue weighted by atomic mass is 19.4. The maximum absolute atomic E-state index is 12.4. The van der Waals surface area contributed by atoms with Crippen LogP contribution in [-0.2, 0) is 6.61 Å². The number of aliphatic imine (C=N–C) groups is 1. The van der Waals surface area contributed by atoms with Crippen molar-refractivity contribution in [3.8, 4) is 11.5 Å². The number of piperidine rings is 1. The number of ether oxygens (including phenoxy) is 2. The van der Waals surface area contributed by atoms with Gasteiger partial charge in [-0.25, -0.2) is 0 Å². The molecule has 0 spiro atoms. The second-order valence-corrected chi connectivity index (χ2v) is 9.83. The lowest BCUT2D eigenvalue weighted by Crippen LogP contribution is -2.43. The van der Waals surface area contributed by atoms with Crippen LogP contribution in [0.25, 0.3) is 0 Å². The minimum absolute atomic E-state index is 0.0888. The van der Waals surface area contributed by atoms with Gasteiger partial charge in [-0.05, 0) is 72.7 Å². The molecule has 2 aromatic carbocycles. The summed E-state index contributed by atoms with van der Waals surface area (Å²) in [5.41, 5.74) is 7.25. The van der Waals surface area contributed by atoms with Crippen molar-refractivity contribution in [2.45, 2.75) is 46.6 Å². The number of halogens is 3. The third-order valence-corrected chi connectivity index (χ3v) is 5.81. The number of alkyl halides is 3. The molecule has 2 aromatic rings. The first-order valence-electron chi connectivity index (χ1n) is 11.9. The van der Waals surface area contributed by atoms with E-state index < -0.39 is 6.36 Å². The van der Waals surface area contributed by atoms with Crippen LogP contribution in [0.5, 0.6) is 11.5 Å². The SMILES string of the molecule is CC1CCCN(C(=NCC(C)(C)CN)Nc2ccc(OCc3cccc(OC(F)(F)F)c3)cc2)C1. The van der Waals surface area contributed by atoms with Crippen molar-refractivity contribution in [1.29, 1.82) is 0 Å². The fraction of sp³-hybridized carbons (Fsp3) is 0.500. The van der Waals surface area contributed by atoms with E-state index in [9.17, 15) is 13.2 Å². The van der Waals surface area contributed by atoms with Crippen molar-refractivity contribution in [3.63, 3.8) is 0 Å². The molecule has 0 aliphatic carbocycles. The lowest BCUT2D eigenvalue weighted by molar-refractivity contribution is -0.274. The number of benzene rings is 2. The maximum Gasteiger partial charge on any atom is 0.573 e. The van der Waals surface area contributed by atoms with Gasteiger partial charge in [0.25, 0.3) is 0 Å². The number of nitrogens with one attached hydrogen (secondary N) is 1. The highest BCUT2D eigenvalue weighted by Crippen LogP contribution is 2.25. The number of anilines is 1. The van der Waals surface area contributed by atoms with Crippen LogP contribution in [0.2, 0.25) is 0 Å². The van der Waals surface area contributed by atoms with Crippen LogP contribution in [0.4, 0.5) is 18.9 Å². The van der Waals surface area contributed by atoms with Gasteiger partial charge in [0.15, 0.2) is 5.96 Å². The molecule has 35 heavy (non-hydrogen) atoms. The van der Waals surface area contributed by atoms with Crippen LogP contribution in [0.15, 0.2) is 53.5 Å². The molecule has 1 heterocycles. The quantitative estimate of drug-likeness (QED) is 0.368. The Morgan fingerprint density at radius 3 is 2.54 bits per heavy atom. The number of likely N-dealkylation sites (tertiary alicyclic amines) is 1. The molecule has 0 radical (unpaired) electrons. The molecule has 9 heteroatoms. The van der Waals surface area contributed by atoms with E-state index >= 15 is 0 Å². The smallest absolute Gasteiger partial charge is 0.489 e. The first-order chi connectivity index (χ1) is 16.5. The molecular formula is C26H35F3N4O2. The normalized spacial score (nSPS) is 17.3. The number of hydrogen-bond donors (Lipinski definition) is 2. The summed E-state index contributed by atoms with van der Waals surface area (Å²) in [6, 6.07) is 13.2. The molecule has 1 aliphatic rings. The predicted molar refractivity (Wildman–Crippen MR) is 133 cm³/mol. The number of nitrogens with two attached hydrogens (primary N) is 1. The van der Waals surface area contributed by atoms with Gasteiger partial charge in [-0.1, -0.05) is 32.9 Å². The Labute approximate surface area is 205 Å². The third-order valence-electron chi connectivity index (χ3n) is 5.81. The zero-order valence-electron chi connectivity index (χ0n) is 20.6. The summed E-state index contributed by atoms with van der Waals surface area (Å²) >= 11 is 0. The minimum Gasteiger partial charge on any atom is -0.489 e. The monoisotopic (exact) mass is 492 g/mol. The van der Waals surface area contributed by atoms with Gasteiger partial charge >= 0.3 is 6.36 Å². The lowest BCUT2D eigenvalue weighted by atomic mass is 9.94. The Kier molecular flexibility index (Phi) is 8.88. The Morgan fingerprint density at radius 2 is 1.89 bits per heavy atom. The summed E-state index contributed by atoms with van der Waals surface area (Å²) in [5, 5.41) is 3.45. The topological polar surface area (TPSA) is 72.1 Å². The molecule has 0 saturated carbocycles. The van der Waals surface area contributed by atoms with Gasteiger partial charge in [0.05, 0.1) is 0 Å². The molecular weight excluding hydrogens is 457 g/mol. The molecule has 1 saturated heterocycles. The summed E-state index contributed by atoms with van der Waals surface area (Å²) in [6.45, 7) is 9.66. The van der Waals surface area contributed by atoms with E-state index in [-0.39, 0.29) is 17.8 Å². The van der Waals surface area contributed by atoms with Crippen LogP contribution in [0.1, 0.15) is 39.2 Å². The maximum atomic E-state index is 12.4. The fourth-order valence-corrected chi connectivity index (χ4v) is 3.72. The molecule has 3 rings (SSSR count). The molecule has 3 N–H and O–H groups in total. The molecule has 0 aromatic heterocycles. The highest BCUT2D eigenvalue weighted by Gasteiger charge is 2.31. The first kappa shape index (κ1) is 26.7. The molecule has 1 aliphatic heterocycles. The highest BCUT2D eigenvalue weighted by molar-refractivity contribution is 5.93.